The van der Waals surface area contributed by atoms with Gasteiger partial charge < -0.3 is 30.5 Å². The highest BCUT2D eigenvalue weighted by Crippen LogP contribution is 2.23. The quantitative estimate of drug-likeness (QED) is 0.493. The molecule has 19 heavy (non-hydrogen) atoms. The number of aliphatic hydroxyl groups is 4. The van der Waals surface area contributed by atoms with E-state index in [0.717, 1.165) is 11.3 Å². The van der Waals surface area contributed by atoms with Gasteiger partial charge in [0.15, 0.2) is 6.23 Å². The summed E-state index contributed by atoms with van der Waals surface area (Å²) in [6.45, 7) is 1.50. The van der Waals surface area contributed by atoms with E-state index in [1.807, 2.05) is 25.1 Å². The molecule has 1 fully saturated rings. The molecule has 106 valence electrons. The number of rotatable bonds is 3. The maximum atomic E-state index is 9.87. The molecule has 6 nitrogen and oxygen atoms in total. The smallest absolute Gasteiger partial charge is 0.157 e. The molecule has 0 radical (unpaired) electrons. The molecule has 1 heterocycles. The van der Waals surface area contributed by atoms with Crippen LogP contribution >= 0.6 is 0 Å². The third-order valence-electron chi connectivity index (χ3n) is 3.22. The number of ether oxygens (including phenoxy) is 1. The van der Waals surface area contributed by atoms with E-state index >= 15 is 0 Å². The molecule has 5 N–H and O–H groups in total. The average molecular weight is 269 g/mol. The summed E-state index contributed by atoms with van der Waals surface area (Å²) >= 11 is 0. The number of hydrogen-bond acceptors (Lipinski definition) is 6. The van der Waals surface area contributed by atoms with Gasteiger partial charge >= 0.3 is 0 Å². The van der Waals surface area contributed by atoms with Gasteiger partial charge in [-0.3, -0.25) is 0 Å². The van der Waals surface area contributed by atoms with Crippen LogP contribution in [0.25, 0.3) is 0 Å². The lowest BCUT2D eigenvalue weighted by atomic mass is 9.98. The van der Waals surface area contributed by atoms with E-state index in [4.69, 9.17) is 9.84 Å². The van der Waals surface area contributed by atoms with Crippen LogP contribution in [0.4, 0.5) is 5.69 Å². The predicted octanol–water partition coefficient (Wildman–Crippen LogP) is -0.793. The van der Waals surface area contributed by atoms with Crippen molar-refractivity contribution in [2.75, 3.05) is 11.9 Å². The lowest BCUT2D eigenvalue weighted by Crippen LogP contribution is -2.60. The van der Waals surface area contributed by atoms with Crippen LogP contribution in [-0.2, 0) is 4.74 Å². The maximum Gasteiger partial charge on any atom is 0.157 e. The Morgan fingerprint density at radius 1 is 1.16 bits per heavy atom. The van der Waals surface area contributed by atoms with Crippen molar-refractivity contribution in [1.82, 2.24) is 0 Å². The van der Waals surface area contributed by atoms with E-state index in [9.17, 15) is 15.3 Å². The van der Waals surface area contributed by atoms with Crippen LogP contribution in [0.2, 0.25) is 0 Å². The lowest BCUT2D eigenvalue weighted by Gasteiger charge is -2.40. The zero-order valence-corrected chi connectivity index (χ0v) is 10.6. The van der Waals surface area contributed by atoms with Gasteiger partial charge in [-0.15, -0.1) is 0 Å². The third-order valence-corrected chi connectivity index (χ3v) is 3.22. The van der Waals surface area contributed by atoms with E-state index in [0.29, 0.717) is 0 Å². The molecule has 2 rings (SSSR count). The number of hydrogen-bond donors (Lipinski definition) is 5. The van der Waals surface area contributed by atoms with Crippen molar-refractivity contribution in [3.8, 4) is 0 Å². The number of nitrogens with one attached hydrogen (secondary N) is 1. The highest BCUT2D eigenvalue weighted by molar-refractivity contribution is 5.46. The standard InChI is InChI=1S/C13H19NO5/c1-7-3-2-4-8(5-7)14-13-12(18)11(17)10(16)9(6-15)19-13/h2-5,9-18H,6H2,1H3. The molecule has 5 atom stereocenters. The minimum absolute atomic E-state index is 0.434. The summed E-state index contributed by atoms with van der Waals surface area (Å²) in [5.41, 5.74) is 1.76. The molecule has 0 saturated carbocycles. The average Bonchev–Trinajstić information content (AvgIpc) is 2.39. The fraction of sp³-hybridized carbons (Fsp3) is 0.538. The molecule has 0 bridgehead atoms. The minimum Gasteiger partial charge on any atom is -0.394 e. The highest BCUT2D eigenvalue weighted by Gasteiger charge is 2.43. The number of anilines is 1. The van der Waals surface area contributed by atoms with Gasteiger partial charge in [0.25, 0.3) is 0 Å². The van der Waals surface area contributed by atoms with E-state index in [1.165, 1.54) is 0 Å². The number of benzene rings is 1. The maximum absolute atomic E-state index is 9.87. The normalized spacial score (nSPS) is 35.1. The summed E-state index contributed by atoms with van der Waals surface area (Å²) in [6.07, 6.45) is -5.78. The monoisotopic (exact) mass is 269 g/mol. The van der Waals surface area contributed by atoms with Crippen LogP contribution in [0.5, 0.6) is 0 Å². The molecule has 0 aromatic heterocycles. The largest absolute Gasteiger partial charge is 0.394 e. The van der Waals surface area contributed by atoms with Crippen molar-refractivity contribution < 1.29 is 25.2 Å². The topological polar surface area (TPSA) is 102 Å². The Balaban J connectivity index is 2.10. The third kappa shape index (κ3) is 3.05. The molecular formula is C13H19NO5. The Bertz CT molecular complexity index is 425. The molecule has 1 aliphatic rings. The second-order valence-electron chi connectivity index (χ2n) is 4.76. The Hall–Kier alpha value is -1.18. The first-order valence-corrected chi connectivity index (χ1v) is 6.16. The van der Waals surface area contributed by atoms with Crippen molar-refractivity contribution in [3.63, 3.8) is 0 Å². The fourth-order valence-corrected chi connectivity index (χ4v) is 2.12. The summed E-state index contributed by atoms with van der Waals surface area (Å²) in [6, 6.07) is 7.44. The van der Waals surface area contributed by atoms with Gasteiger partial charge in [-0.1, -0.05) is 12.1 Å². The molecule has 5 unspecified atom stereocenters. The first kappa shape index (κ1) is 14.2. The van der Waals surface area contributed by atoms with Crippen LogP contribution in [-0.4, -0.2) is 57.7 Å². The Morgan fingerprint density at radius 3 is 2.53 bits per heavy atom. The summed E-state index contributed by atoms with van der Waals surface area (Å²) in [5, 5.41) is 41.2. The summed E-state index contributed by atoms with van der Waals surface area (Å²) < 4.78 is 5.35. The van der Waals surface area contributed by atoms with Crippen molar-refractivity contribution >= 4 is 5.69 Å². The van der Waals surface area contributed by atoms with Crippen LogP contribution in [0.1, 0.15) is 5.56 Å². The Morgan fingerprint density at radius 2 is 1.89 bits per heavy atom. The fourth-order valence-electron chi connectivity index (χ4n) is 2.12. The molecule has 1 aromatic carbocycles. The first-order valence-electron chi connectivity index (χ1n) is 6.16. The van der Waals surface area contributed by atoms with Crippen molar-refractivity contribution in [1.29, 1.82) is 0 Å². The van der Waals surface area contributed by atoms with Crippen LogP contribution in [0.3, 0.4) is 0 Å². The van der Waals surface area contributed by atoms with Gasteiger partial charge in [0, 0.05) is 5.69 Å². The van der Waals surface area contributed by atoms with Gasteiger partial charge in [0.1, 0.15) is 24.4 Å². The number of aliphatic hydroxyl groups excluding tert-OH is 4. The predicted molar refractivity (Wildman–Crippen MR) is 68.6 cm³/mol. The molecular weight excluding hydrogens is 250 g/mol. The van der Waals surface area contributed by atoms with Gasteiger partial charge in [-0.25, -0.2) is 0 Å². The second kappa shape index (κ2) is 5.85. The molecule has 0 aliphatic carbocycles. The molecule has 0 spiro atoms. The van der Waals surface area contributed by atoms with Crippen LogP contribution in [0, 0.1) is 6.92 Å². The van der Waals surface area contributed by atoms with Crippen molar-refractivity contribution in [2.45, 2.75) is 37.6 Å². The lowest BCUT2D eigenvalue weighted by molar-refractivity contribution is -0.221. The van der Waals surface area contributed by atoms with E-state index < -0.39 is 37.3 Å². The summed E-state index contributed by atoms with van der Waals surface area (Å²) in [4.78, 5) is 0. The zero-order chi connectivity index (χ0) is 14.0. The molecule has 6 heteroatoms. The highest BCUT2D eigenvalue weighted by atomic mass is 16.6. The molecule has 1 saturated heterocycles. The molecule has 1 aromatic rings. The minimum atomic E-state index is -1.37. The van der Waals surface area contributed by atoms with Crippen LogP contribution < -0.4 is 5.32 Å². The van der Waals surface area contributed by atoms with Gasteiger partial charge in [0.05, 0.1) is 6.61 Å². The van der Waals surface area contributed by atoms with Gasteiger partial charge in [-0.2, -0.15) is 0 Å². The van der Waals surface area contributed by atoms with Crippen LogP contribution in [0.15, 0.2) is 24.3 Å². The van der Waals surface area contributed by atoms with E-state index in [1.54, 1.807) is 6.07 Å². The molecule has 0 amide bonds. The van der Waals surface area contributed by atoms with E-state index in [-0.39, 0.29) is 0 Å². The SMILES string of the molecule is Cc1cccc(NC2OC(CO)C(O)C(O)C2O)c1. The summed E-state index contributed by atoms with van der Waals surface area (Å²) in [5.74, 6) is 0. The van der Waals surface area contributed by atoms with Gasteiger partial charge in [0.2, 0.25) is 0 Å². The Kier molecular flexibility index (Phi) is 4.38. The van der Waals surface area contributed by atoms with E-state index in [2.05, 4.69) is 5.32 Å². The second-order valence-corrected chi connectivity index (χ2v) is 4.76. The molecule has 1 aliphatic heterocycles. The summed E-state index contributed by atoms with van der Waals surface area (Å²) in [7, 11) is 0. The Labute approximate surface area is 111 Å². The van der Waals surface area contributed by atoms with Crippen molar-refractivity contribution in [3.05, 3.63) is 29.8 Å². The number of aryl methyl sites for hydroxylation is 1. The zero-order valence-electron chi connectivity index (χ0n) is 10.6. The first-order chi connectivity index (χ1) is 9.02. The van der Waals surface area contributed by atoms with Gasteiger partial charge in [-0.05, 0) is 24.6 Å². The van der Waals surface area contributed by atoms with Crippen molar-refractivity contribution in [2.24, 2.45) is 0 Å².